The first-order valence-corrected chi connectivity index (χ1v) is 7.36. The molecule has 0 aliphatic heterocycles. The van der Waals surface area contributed by atoms with E-state index in [-0.39, 0.29) is 17.6 Å². The minimum Gasteiger partial charge on any atom is -0.350 e. The van der Waals surface area contributed by atoms with Crippen molar-refractivity contribution in [2.24, 2.45) is 0 Å². The molecule has 0 radical (unpaired) electrons. The van der Waals surface area contributed by atoms with Crippen LogP contribution in [0.5, 0.6) is 0 Å². The summed E-state index contributed by atoms with van der Waals surface area (Å²) in [7, 11) is 0. The molecule has 0 fully saturated rings. The summed E-state index contributed by atoms with van der Waals surface area (Å²) < 4.78 is 12.8. The van der Waals surface area contributed by atoms with Gasteiger partial charge in [-0.3, -0.25) is 9.59 Å². The van der Waals surface area contributed by atoms with Crippen molar-refractivity contribution in [2.75, 3.05) is 13.1 Å². The minimum absolute atomic E-state index is 0.177. The van der Waals surface area contributed by atoms with Crippen molar-refractivity contribution in [1.82, 2.24) is 10.6 Å². The molecule has 0 heterocycles. The second-order valence-corrected chi connectivity index (χ2v) is 5.32. The maximum absolute atomic E-state index is 12.8. The Morgan fingerprint density at radius 2 is 1.35 bits per heavy atom. The van der Waals surface area contributed by atoms with Gasteiger partial charge in [0.25, 0.3) is 11.8 Å². The van der Waals surface area contributed by atoms with E-state index in [9.17, 15) is 14.0 Å². The average Bonchev–Trinajstić information content (AvgIpc) is 2.54. The average molecular weight is 314 g/mol. The molecule has 0 spiro atoms. The molecule has 4 nitrogen and oxygen atoms in total. The molecule has 0 aliphatic rings. The van der Waals surface area contributed by atoms with Crippen LogP contribution in [-0.2, 0) is 0 Å². The Hall–Kier alpha value is -2.69. The van der Waals surface area contributed by atoms with Crippen LogP contribution in [-0.4, -0.2) is 24.9 Å². The number of hydrogen-bond donors (Lipinski definition) is 2. The Morgan fingerprint density at radius 1 is 0.826 bits per heavy atom. The number of rotatable bonds is 5. The molecular weight excluding hydrogens is 295 g/mol. The first-order chi connectivity index (χ1) is 11.0. The Morgan fingerprint density at radius 3 is 1.91 bits per heavy atom. The third-order valence-electron chi connectivity index (χ3n) is 3.57. The third-order valence-corrected chi connectivity index (χ3v) is 3.57. The third kappa shape index (κ3) is 4.64. The van der Waals surface area contributed by atoms with Gasteiger partial charge in [-0.25, -0.2) is 4.39 Å². The van der Waals surface area contributed by atoms with Gasteiger partial charge in [-0.2, -0.15) is 0 Å². The predicted octanol–water partition coefficient (Wildman–Crippen LogP) is 2.60. The number of benzene rings is 2. The lowest BCUT2D eigenvalue weighted by molar-refractivity contribution is 0.0927. The smallest absolute Gasteiger partial charge is 0.251 e. The molecule has 2 aromatic carbocycles. The van der Waals surface area contributed by atoms with Gasteiger partial charge in [0.15, 0.2) is 0 Å². The first-order valence-electron chi connectivity index (χ1n) is 7.36. The molecule has 0 atom stereocenters. The summed E-state index contributed by atoms with van der Waals surface area (Å²) in [6.07, 6.45) is 0. The van der Waals surface area contributed by atoms with Crippen LogP contribution in [0.3, 0.4) is 0 Å². The molecule has 23 heavy (non-hydrogen) atoms. The summed E-state index contributed by atoms with van der Waals surface area (Å²) >= 11 is 0. The fourth-order valence-electron chi connectivity index (χ4n) is 2.04. The molecule has 120 valence electrons. The Bertz CT molecular complexity index is 711. The Labute approximate surface area is 134 Å². The molecule has 2 amide bonds. The van der Waals surface area contributed by atoms with E-state index in [1.807, 2.05) is 26.0 Å². The van der Waals surface area contributed by atoms with E-state index in [0.29, 0.717) is 24.2 Å². The van der Waals surface area contributed by atoms with Crippen LogP contribution in [0.1, 0.15) is 31.8 Å². The second-order valence-electron chi connectivity index (χ2n) is 5.32. The second kappa shape index (κ2) is 7.54. The summed E-state index contributed by atoms with van der Waals surface area (Å²) in [5, 5.41) is 5.42. The highest BCUT2D eigenvalue weighted by molar-refractivity contribution is 5.95. The van der Waals surface area contributed by atoms with Crippen LogP contribution in [0.15, 0.2) is 42.5 Å². The fourth-order valence-corrected chi connectivity index (χ4v) is 2.04. The fraction of sp³-hybridized carbons (Fsp3) is 0.222. The normalized spacial score (nSPS) is 10.2. The molecule has 0 bridgehead atoms. The van der Waals surface area contributed by atoms with E-state index < -0.39 is 0 Å². The summed E-state index contributed by atoms with van der Waals surface area (Å²) in [5.74, 6) is -0.864. The zero-order chi connectivity index (χ0) is 16.8. The topological polar surface area (TPSA) is 58.2 Å². The van der Waals surface area contributed by atoms with E-state index in [2.05, 4.69) is 10.6 Å². The summed E-state index contributed by atoms with van der Waals surface area (Å²) in [4.78, 5) is 23.8. The molecule has 0 aromatic heterocycles. The first kappa shape index (κ1) is 16.7. The van der Waals surface area contributed by atoms with Crippen molar-refractivity contribution in [1.29, 1.82) is 0 Å². The van der Waals surface area contributed by atoms with Crippen LogP contribution in [0.4, 0.5) is 4.39 Å². The molecule has 2 aromatic rings. The molecule has 0 saturated heterocycles. The quantitative estimate of drug-likeness (QED) is 0.834. The SMILES string of the molecule is Cc1ccc(C(=O)NCCNC(=O)c2ccc(F)cc2)cc1C. The molecule has 0 saturated carbocycles. The van der Waals surface area contributed by atoms with Crippen LogP contribution < -0.4 is 10.6 Å². The molecular formula is C18H19FN2O2. The van der Waals surface area contributed by atoms with Gasteiger partial charge in [-0.05, 0) is 61.4 Å². The Balaban J connectivity index is 1.78. The van der Waals surface area contributed by atoms with E-state index in [0.717, 1.165) is 11.1 Å². The standard InChI is InChI=1S/C18H19FN2O2/c1-12-3-4-15(11-13(12)2)18(23)21-10-9-20-17(22)14-5-7-16(19)8-6-14/h3-8,11H,9-10H2,1-2H3,(H,20,22)(H,21,23). The maximum atomic E-state index is 12.8. The van der Waals surface area contributed by atoms with Gasteiger partial charge >= 0.3 is 0 Å². The lowest BCUT2D eigenvalue weighted by Crippen LogP contribution is -2.34. The van der Waals surface area contributed by atoms with Gasteiger partial charge in [0.1, 0.15) is 5.82 Å². The maximum Gasteiger partial charge on any atom is 0.251 e. The zero-order valence-corrected chi connectivity index (χ0v) is 13.2. The molecule has 5 heteroatoms. The highest BCUT2D eigenvalue weighted by atomic mass is 19.1. The monoisotopic (exact) mass is 314 g/mol. The van der Waals surface area contributed by atoms with Crippen molar-refractivity contribution in [3.8, 4) is 0 Å². The van der Waals surface area contributed by atoms with Gasteiger partial charge in [0, 0.05) is 24.2 Å². The largest absolute Gasteiger partial charge is 0.350 e. The van der Waals surface area contributed by atoms with Crippen molar-refractivity contribution >= 4 is 11.8 Å². The summed E-state index contributed by atoms with van der Waals surface area (Å²) in [5.41, 5.74) is 3.17. The van der Waals surface area contributed by atoms with Gasteiger partial charge in [-0.15, -0.1) is 0 Å². The van der Waals surface area contributed by atoms with Crippen LogP contribution in [0.2, 0.25) is 0 Å². The number of halogens is 1. The molecule has 2 N–H and O–H groups in total. The van der Waals surface area contributed by atoms with Crippen molar-refractivity contribution in [3.05, 3.63) is 70.5 Å². The van der Waals surface area contributed by atoms with E-state index >= 15 is 0 Å². The summed E-state index contributed by atoms with van der Waals surface area (Å²) in [6, 6.07) is 10.8. The van der Waals surface area contributed by atoms with E-state index in [1.165, 1.54) is 24.3 Å². The highest BCUT2D eigenvalue weighted by Gasteiger charge is 2.07. The van der Waals surface area contributed by atoms with Crippen molar-refractivity contribution < 1.29 is 14.0 Å². The molecule has 2 rings (SSSR count). The number of amides is 2. The van der Waals surface area contributed by atoms with Gasteiger partial charge in [0.05, 0.1) is 0 Å². The van der Waals surface area contributed by atoms with Crippen LogP contribution in [0.25, 0.3) is 0 Å². The van der Waals surface area contributed by atoms with Crippen LogP contribution >= 0.6 is 0 Å². The van der Waals surface area contributed by atoms with Crippen molar-refractivity contribution in [3.63, 3.8) is 0 Å². The Kier molecular flexibility index (Phi) is 5.46. The van der Waals surface area contributed by atoms with Gasteiger partial charge < -0.3 is 10.6 Å². The van der Waals surface area contributed by atoms with Gasteiger partial charge in [-0.1, -0.05) is 6.07 Å². The number of nitrogens with one attached hydrogen (secondary N) is 2. The number of carbonyl (C=O) groups excluding carboxylic acids is 2. The van der Waals surface area contributed by atoms with Crippen molar-refractivity contribution in [2.45, 2.75) is 13.8 Å². The lowest BCUT2D eigenvalue weighted by atomic mass is 10.1. The van der Waals surface area contributed by atoms with Gasteiger partial charge in [0.2, 0.25) is 0 Å². The summed E-state index contributed by atoms with van der Waals surface area (Å²) in [6.45, 7) is 4.56. The number of carbonyl (C=O) groups is 2. The van der Waals surface area contributed by atoms with E-state index in [1.54, 1.807) is 6.07 Å². The number of hydrogen-bond acceptors (Lipinski definition) is 2. The van der Waals surface area contributed by atoms with Crippen LogP contribution in [0, 0.1) is 19.7 Å². The molecule has 0 aliphatic carbocycles. The molecule has 0 unspecified atom stereocenters. The minimum atomic E-state index is -0.387. The zero-order valence-electron chi connectivity index (χ0n) is 13.2. The lowest BCUT2D eigenvalue weighted by Gasteiger charge is -2.08. The highest BCUT2D eigenvalue weighted by Crippen LogP contribution is 2.09. The van der Waals surface area contributed by atoms with E-state index in [4.69, 9.17) is 0 Å². The number of aryl methyl sites for hydroxylation is 2. The predicted molar refractivity (Wildman–Crippen MR) is 87.0 cm³/mol.